The van der Waals surface area contributed by atoms with E-state index in [2.05, 4.69) is 42.2 Å². The van der Waals surface area contributed by atoms with Gasteiger partial charge in [0.05, 0.1) is 5.52 Å². The number of nitrogens with two attached hydrogens (primary N) is 1. The summed E-state index contributed by atoms with van der Waals surface area (Å²) in [5.41, 5.74) is 12.5. The van der Waals surface area contributed by atoms with Gasteiger partial charge in [-0.1, -0.05) is 24.3 Å². The average molecular weight is 303 g/mol. The summed E-state index contributed by atoms with van der Waals surface area (Å²) in [6.45, 7) is 4.37. The maximum absolute atomic E-state index is 5.92. The Kier molecular flexibility index (Phi) is 3.41. The van der Waals surface area contributed by atoms with E-state index in [0.717, 1.165) is 41.1 Å². The van der Waals surface area contributed by atoms with Crippen molar-refractivity contribution in [3.8, 4) is 11.1 Å². The fourth-order valence-corrected chi connectivity index (χ4v) is 3.46. The second-order valence-electron chi connectivity index (χ2n) is 6.33. The van der Waals surface area contributed by atoms with Crippen molar-refractivity contribution >= 4 is 22.3 Å². The third-order valence-corrected chi connectivity index (χ3v) is 4.58. The molecule has 1 aliphatic heterocycles. The first kappa shape index (κ1) is 14.1. The van der Waals surface area contributed by atoms with Gasteiger partial charge in [-0.2, -0.15) is 0 Å². The number of anilines is 2. The van der Waals surface area contributed by atoms with E-state index in [0.29, 0.717) is 0 Å². The molecular weight excluding hydrogens is 282 g/mol. The molecule has 1 saturated heterocycles. The summed E-state index contributed by atoms with van der Waals surface area (Å²) in [5, 5.41) is 1.24. The van der Waals surface area contributed by atoms with E-state index >= 15 is 0 Å². The smallest absolute Gasteiger partial charge is 0.0732 e. The van der Waals surface area contributed by atoms with Crippen LogP contribution in [-0.4, -0.2) is 18.1 Å². The van der Waals surface area contributed by atoms with E-state index in [1.54, 1.807) is 0 Å². The minimum absolute atomic E-state index is 0.789. The molecule has 0 spiro atoms. The van der Waals surface area contributed by atoms with Gasteiger partial charge in [-0.05, 0) is 55.2 Å². The number of hydrogen-bond donors (Lipinski definition) is 1. The Labute approximate surface area is 136 Å². The van der Waals surface area contributed by atoms with Crippen LogP contribution in [0.5, 0.6) is 0 Å². The molecule has 1 aromatic heterocycles. The van der Waals surface area contributed by atoms with Crippen LogP contribution < -0.4 is 10.6 Å². The molecule has 0 atom stereocenters. The fraction of sp³-hybridized carbons (Fsp3) is 0.250. The standard InChI is InChI=1S/C20H21N3/c1-14-11-20(23-9-2-3-10-23)18-8-7-16(13-19(18)22-14)15-5-4-6-17(21)12-15/h4-8,11-13H,2-3,9-10,21H2,1H3. The highest BCUT2D eigenvalue weighted by atomic mass is 15.1. The highest BCUT2D eigenvalue weighted by molar-refractivity contribution is 5.94. The number of benzene rings is 2. The number of pyridine rings is 1. The molecule has 23 heavy (non-hydrogen) atoms. The molecule has 1 aliphatic rings. The first-order valence-corrected chi connectivity index (χ1v) is 8.23. The van der Waals surface area contributed by atoms with Crippen molar-refractivity contribution in [2.24, 2.45) is 0 Å². The zero-order chi connectivity index (χ0) is 15.8. The molecule has 0 amide bonds. The van der Waals surface area contributed by atoms with Crippen molar-refractivity contribution in [1.82, 2.24) is 4.98 Å². The zero-order valence-electron chi connectivity index (χ0n) is 13.4. The Balaban J connectivity index is 1.86. The van der Waals surface area contributed by atoms with Gasteiger partial charge in [0.1, 0.15) is 0 Å². The third kappa shape index (κ3) is 2.63. The van der Waals surface area contributed by atoms with E-state index in [-0.39, 0.29) is 0 Å². The molecule has 3 heteroatoms. The quantitative estimate of drug-likeness (QED) is 0.714. The SMILES string of the molecule is Cc1cc(N2CCCC2)c2ccc(-c3cccc(N)c3)cc2n1. The van der Waals surface area contributed by atoms with Gasteiger partial charge < -0.3 is 10.6 Å². The number of nitrogen functional groups attached to an aromatic ring is 1. The molecule has 2 heterocycles. The third-order valence-electron chi connectivity index (χ3n) is 4.58. The van der Waals surface area contributed by atoms with Crippen LogP contribution in [0.1, 0.15) is 18.5 Å². The predicted octanol–water partition coefficient (Wildman–Crippen LogP) is 4.39. The molecule has 2 N–H and O–H groups in total. The minimum atomic E-state index is 0.789. The van der Waals surface area contributed by atoms with Gasteiger partial charge in [0.2, 0.25) is 0 Å². The molecule has 0 bridgehead atoms. The first-order chi connectivity index (χ1) is 11.2. The predicted molar refractivity (Wildman–Crippen MR) is 97.8 cm³/mol. The van der Waals surface area contributed by atoms with Crippen molar-refractivity contribution in [3.05, 3.63) is 54.2 Å². The van der Waals surface area contributed by atoms with Gasteiger partial charge in [0, 0.05) is 35.5 Å². The van der Waals surface area contributed by atoms with Crippen LogP contribution in [0, 0.1) is 6.92 Å². The molecule has 0 radical (unpaired) electrons. The monoisotopic (exact) mass is 303 g/mol. The van der Waals surface area contributed by atoms with Crippen LogP contribution in [0.25, 0.3) is 22.0 Å². The summed E-state index contributed by atoms with van der Waals surface area (Å²) < 4.78 is 0. The number of nitrogens with zero attached hydrogens (tertiary/aromatic N) is 2. The van der Waals surface area contributed by atoms with Crippen molar-refractivity contribution in [2.45, 2.75) is 19.8 Å². The lowest BCUT2D eigenvalue weighted by Gasteiger charge is -2.20. The summed E-state index contributed by atoms with van der Waals surface area (Å²) in [6.07, 6.45) is 2.56. The van der Waals surface area contributed by atoms with E-state index in [1.165, 1.54) is 23.9 Å². The van der Waals surface area contributed by atoms with Gasteiger partial charge in [-0.3, -0.25) is 4.98 Å². The van der Waals surface area contributed by atoms with E-state index in [9.17, 15) is 0 Å². The average Bonchev–Trinajstić information content (AvgIpc) is 3.07. The Morgan fingerprint density at radius 3 is 2.52 bits per heavy atom. The van der Waals surface area contributed by atoms with Crippen LogP contribution in [-0.2, 0) is 0 Å². The van der Waals surface area contributed by atoms with Gasteiger partial charge in [-0.15, -0.1) is 0 Å². The van der Waals surface area contributed by atoms with E-state index in [4.69, 9.17) is 10.7 Å². The lowest BCUT2D eigenvalue weighted by molar-refractivity contribution is 0.949. The number of aromatic nitrogens is 1. The Hall–Kier alpha value is -2.55. The second-order valence-corrected chi connectivity index (χ2v) is 6.33. The molecule has 2 aromatic carbocycles. The van der Waals surface area contributed by atoms with Crippen LogP contribution in [0.4, 0.5) is 11.4 Å². The topological polar surface area (TPSA) is 42.1 Å². The summed E-state index contributed by atoms with van der Waals surface area (Å²) in [7, 11) is 0. The van der Waals surface area contributed by atoms with Gasteiger partial charge in [-0.25, -0.2) is 0 Å². The molecule has 116 valence electrons. The number of hydrogen-bond acceptors (Lipinski definition) is 3. The second kappa shape index (κ2) is 5.58. The number of fused-ring (bicyclic) bond motifs is 1. The van der Waals surface area contributed by atoms with Crippen LogP contribution >= 0.6 is 0 Å². The Morgan fingerprint density at radius 1 is 0.957 bits per heavy atom. The van der Waals surface area contributed by atoms with Gasteiger partial charge in [0.25, 0.3) is 0 Å². The number of rotatable bonds is 2. The van der Waals surface area contributed by atoms with Crippen molar-refractivity contribution in [1.29, 1.82) is 0 Å². The molecule has 4 rings (SSSR count). The summed E-state index contributed by atoms with van der Waals surface area (Å²) in [4.78, 5) is 7.24. The van der Waals surface area contributed by atoms with E-state index in [1.807, 2.05) is 18.2 Å². The van der Waals surface area contributed by atoms with Crippen LogP contribution in [0.15, 0.2) is 48.5 Å². The lowest BCUT2D eigenvalue weighted by Crippen LogP contribution is -2.18. The maximum Gasteiger partial charge on any atom is 0.0732 e. The Morgan fingerprint density at radius 2 is 1.74 bits per heavy atom. The highest BCUT2D eigenvalue weighted by Gasteiger charge is 2.16. The molecular formula is C20H21N3. The van der Waals surface area contributed by atoms with Crippen LogP contribution in [0.2, 0.25) is 0 Å². The van der Waals surface area contributed by atoms with Crippen molar-refractivity contribution in [3.63, 3.8) is 0 Å². The summed E-state index contributed by atoms with van der Waals surface area (Å²) >= 11 is 0. The zero-order valence-corrected chi connectivity index (χ0v) is 13.4. The molecule has 3 nitrogen and oxygen atoms in total. The van der Waals surface area contributed by atoms with E-state index < -0.39 is 0 Å². The maximum atomic E-state index is 5.92. The molecule has 3 aromatic rings. The molecule has 0 aliphatic carbocycles. The summed E-state index contributed by atoms with van der Waals surface area (Å²) in [6, 6.07) is 16.8. The Bertz CT molecular complexity index is 864. The molecule has 0 unspecified atom stereocenters. The number of aryl methyl sites for hydroxylation is 1. The molecule has 0 saturated carbocycles. The van der Waals surface area contributed by atoms with Crippen molar-refractivity contribution in [2.75, 3.05) is 23.7 Å². The lowest BCUT2D eigenvalue weighted by atomic mass is 10.0. The first-order valence-electron chi connectivity index (χ1n) is 8.23. The fourth-order valence-electron chi connectivity index (χ4n) is 3.46. The molecule has 1 fully saturated rings. The minimum Gasteiger partial charge on any atom is -0.399 e. The largest absolute Gasteiger partial charge is 0.399 e. The van der Waals surface area contributed by atoms with Gasteiger partial charge >= 0.3 is 0 Å². The highest BCUT2D eigenvalue weighted by Crippen LogP contribution is 2.32. The summed E-state index contributed by atoms with van der Waals surface area (Å²) in [5.74, 6) is 0. The normalized spacial score (nSPS) is 14.6. The van der Waals surface area contributed by atoms with Crippen molar-refractivity contribution < 1.29 is 0 Å². The van der Waals surface area contributed by atoms with Gasteiger partial charge in [0.15, 0.2) is 0 Å². The van der Waals surface area contributed by atoms with Crippen LogP contribution in [0.3, 0.4) is 0 Å².